The van der Waals surface area contributed by atoms with Gasteiger partial charge >= 0.3 is 0 Å². The molecule has 1 heterocycles. The Hall–Kier alpha value is -0.120. The minimum absolute atomic E-state index is 0.631. The molecule has 0 amide bonds. The maximum absolute atomic E-state index is 5.53. The molecule has 0 aromatic heterocycles. The van der Waals surface area contributed by atoms with Gasteiger partial charge in [-0.05, 0) is 18.8 Å². The first-order valence-corrected chi connectivity index (χ1v) is 7.65. The second-order valence-electron chi connectivity index (χ2n) is 5.90. The molecular formula is C15H32N2O. The molecule has 18 heavy (non-hydrogen) atoms. The van der Waals surface area contributed by atoms with Gasteiger partial charge in [-0.2, -0.15) is 0 Å². The Labute approximate surface area is 113 Å². The summed E-state index contributed by atoms with van der Waals surface area (Å²) >= 11 is 0. The molecule has 3 heteroatoms. The molecule has 0 aromatic carbocycles. The summed E-state index contributed by atoms with van der Waals surface area (Å²) in [6.07, 6.45) is 1.25. The van der Waals surface area contributed by atoms with Crippen LogP contribution in [0.5, 0.6) is 0 Å². The Balaban J connectivity index is 2.55. The summed E-state index contributed by atoms with van der Waals surface area (Å²) in [4.78, 5) is 2.64. The lowest BCUT2D eigenvalue weighted by atomic mass is 9.92. The fourth-order valence-corrected chi connectivity index (χ4v) is 2.72. The van der Waals surface area contributed by atoms with E-state index in [9.17, 15) is 0 Å². The average molecular weight is 256 g/mol. The molecule has 0 aromatic rings. The molecule has 3 nitrogen and oxygen atoms in total. The van der Waals surface area contributed by atoms with Crippen LogP contribution in [-0.2, 0) is 4.74 Å². The summed E-state index contributed by atoms with van der Waals surface area (Å²) in [6, 6.07) is 1.30. The molecule has 0 bridgehead atoms. The maximum Gasteiger partial charge on any atom is 0.0593 e. The van der Waals surface area contributed by atoms with Crippen LogP contribution >= 0.6 is 0 Å². The van der Waals surface area contributed by atoms with E-state index in [1.165, 1.54) is 13.0 Å². The molecule has 3 atom stereocenters. The third-order valence-corrected chi connectivity index (χ3v) is 4.32. The van der Waals surface area contributed by atoms with E-state index in [2.05, 4.69) is 44.8 Å². The fourth-order valence-electron chi connectivity index (χ4n) is 2.72. The molecule has 1 N–H and O–H groups in total. The normalized spacial score (nSPS) is 27.7. The summed E-state index contributed by atoms with van der Waals surface area (Å²) in [5.41, 5.74) is 0. The van der Waals surface area contributed by atoms with Crippen LogP contribution in [0.4, 0.5) is 0 Å². The van der Waals surface area contributed by atoms with Crippen LogP contribution in [0.3, 0.4) is 0 Å². The van der Waals surface area contributed by atoms with Crippen molar-refractivity contribution in [1.29, 1.82) is 0 Å². The van der Waals surface area contributed by atoms with Crippen LogP contribution in [0, 0.1) is 11.8 Å². The van der Waals surface area contributed by atoms with Crippen LogP contribution < -0.4 is 5.32 Å². The molecule has 1 aliphatic heterocycles. The van der Waals surface area contributed by atoms with Crippen LogP contribution in [0.25, 0.3) is 0 Å². The van der Waals surface area contributed by atoms with Gasteiger partial charge in [-0.1, -0.05) is 34.1 Å². The predicted octanol–water partition coefficient (Wildman–Crippen LogP) is 2.37. The molecule has 0 aliphatic carbocycles. The van der Waals surface area contributed by atoms with Crippen molar-refractivity contribution < 1.29 is 4.74 Å². The second kappa shape index (κ2) is 8.13. The molecule has 0 radical (unpaired) electrons. The maximum atomic E-state index is 5.53. The van der Waals surface area contributed by atoms with E-state index >= 15 is 0 Å². The van der Waals surface area contributed by atoms with Crippen molar-refractivity contribution in [1.82, 2.24) is 10.2 Å². The Bertz CT molecular complexity index is 221. The minimum atomic E-state index is 0.631. The summed E-state index contributed by atoms with van der Waals surface area (Å²) in [5.74, 6) is 1.46. The van der Waals surface area contributed by atoms with Gasteiger partial charge in [0, 0.05) is 38.3 Å². The largest absolute Gasteiger partial charge is 0.380 e. The van der Waals surface area contributed by atoms with Crippen LogP contribution in [-0.4, -0.2) is 49.8 Å². The number of ether oxygens (including phenoxy) is 1. The zero-order valence-corrected chi connectivity index (χ0v) is 12.9. The SMILES string of the molecule is CCOCCN1CC(C(C)C)NCC1C(C)CC. The number of hydrogen-bond donors (Lipinski definition) is 1. The predicted molar refractivity (Wildman–Crippen MR) is 77.9 cm³/mol. The number of rotatable bonds is 7. The zero-order chi connectivity index (χ0) is 13.5. The van der Waals surface area contributed by atoms with Gasteiger partial charge in [-0.15, -0.1) is 0 Å². The van der Waals surface area contributed by atoms with Gasteiger partial charge in [0.25, 0.3) is 0 Å². The zero-order valence-electron chi connectivity index (χ0n) is 12.9. The van der Waals surface area contributed by atoms with E-state index in [0.717, 1.165) is 32.2 Å². The topological polar surface area (TPSA) is 24.5 Å². The second-order valence-corrected chi connectivity index (χ2v) is 5.90. The fraction of sp³-hybridized carbons (Fsp3) is 1.00. The van der Waals surface area contributed by atoms with Crippen LogP contribution in [0.15, 0.2) is 0 Å². The highest BCUT2D eigenvalue weighted by atomic mass is 16.5. The van der Waals surface area contributed by atoms with Crippen molar-refractivity contribution in [3.05, 3.63) is 0 Å². The van der Waals surface area contributed by atoms with Gasteiger partial charge in [-0.25, -0.2) is 0 Å². The van der Waals surface area contributed by atoms with Crippen molar-refractivity contribution in [3.63, 3.8) is 0 Å². The highest BCUT2D eigenvalue weighted by molar-refractivity contribution is 4.89. The van der Waals surface area contributed by atoms with E-state index in [1.54, 1.807) is 0 Å². The number of nitrogens with zero attached hydrogens (tertiary/aromatic N) is 1. The Morgan fingerprint density at radius 1 is 1.28 bits per heavy atom. The standard InChI is InChI=1S/C15H32N2O/c1-6-13(5)15-10-16-14(12(3)4)11-17(15)8-9-18-7-2/h12-16H,6-11H2,1-5H3. The monoisotopic (exact) mass is 256 g/mol. The van der Waals surface area contributed by atoms with Crippen molar-refractivity contribution >= 4 is 0 Å². The van der Waals surface area contributed by atoms with Crippen molar-refractivity contribution in [3.8, 4) is 0 Å². The third-order valence-electron chi connectivity index (χ3n) is 4.32. The molecule has 3 unspecified atom stereocenters. The average Bonchev–Trinajstić information content (AvgIpc) is 2.38. The summed E-state index contributed by atoms with van der Waals surface area (Å²) < 4.78 is 5.53. The first-order chi connectivity index (χ1) is 8.60. The van der Waals surface area contributed by atoms with E-state index < -0.39 is 0 Å². The van der Waals surface area contributed by atoms with Gasteiger partial charge in [0.1, 0.15) is 0 Å². The van der Waals surface area contributed by atoms with E-state index in [-0.39, 0.29) is 0 Å². The van der Waals surface area contributed by atoms with E-state index in [0.29, 0.717) is 18.0 Å². The Morgan fingerprint density at radius 2 is 2.00 bits per heavy atom. The molecule has 108 valence electrons. The van der Waals surface area contributed by atoms with Gasteiger partial charge in [0.15, 0.2) is 0 Å². The molecule has 0 spiro atoms. The van der Waals surface area contributed by atoms with Gasteiger partial charge in [0.2, 0.25) is 0 Å². The smallest absolute Gasteiger partial charge is 0.0593 e. The summed E-state index contributed by atoms with van der Waals surface area (Å²) in [5, 5.41) is 3.72. The van der Waals surface area contributed by atoms with Crippen molar-refractivity contribution in [2.75, 3.05) is 32.8 Å². The first-order valence-electron chi connectivity index (χ1n) is 7.65. The lowest BCUT2D eigenvalue weighted by Crippen LogP contribution is -2.60. The number of nitrogens with one attached hydrogen (secondary N) is 1. The first kappa shape index (κ1) is 15.9. The Kier molecular flexibility index (Phi) is 7.20. The quantitative estimate of drug-likeness (QED) is 0.708. The molecular weight excluding hydrogens is 224 g/mol. The summed E-state index contributed by atoms with van der Waals surface area (Å²) in [6.45, 7) is 16.4. The third kappa shape index (κ3) is 4.52. The van der Waals surface area contributed by atoms with Gasteiger partial charge in [0.05, 0.1) is 6.61 Å². The number of hydrogen-bond acceptors (Lipinski definition) is 3. The molecule has 1 aliphatic rings. The van der Waals surface area contributed by atoms with Gasteiger partial charge in [-0.3, -0.25) is 4.90 Å². The van der Waals surface area contributed by atoms with Crippen molar-refractivity contribution in [2.45, 2.75) is 53.1 Å². The molecule has 1 saturated heterocycles. The van der Waals surface area contributed by atoms with Gasteiger partial charge < -0.3 is 10.1 Å². The molecule has 1 rings (SSSR count). The Morgan fingerprint density at radius 3 is 2.56 bits per heavy atom. The minimum Gasteiger partial charge on any atom is -0.380 e. The van der Waals surface area contributed by atoms with E-state index in [4.69, 9.17) is 4.74 Å². The van der Waals surface area contributed by atoms with E-state index in [1.807, 2.05) is 0 Å². The summed E-state index contributed by atoms with van der Waals surface area (Å²) in [7, 11) is 0. The number of piperazine rings is 1. The molecule has 1 fully saturated rings. The molecule has 0 saturated carbocycles. The lowest BCUT2D eigenvalue weighted by Gasteiger charge is -2.44. The van der Waals surface area contributed by atoms with Crippen LogP contribution in [0.1, 0.15) is 41.0 Å². The van der Waals surface area contributed by atoms with Crippen LogP contribution in [0.2, 0.25) is 0 Å². The highest BCUT2D eigenvalue weighted by Crippen LogP contribution is 2.20. The van der Waals surface area contributed by atoms with Crippen molar-refractivity contribution in [2.24, 2.45) is 11.8 Å². The highest BCUT2D eigenvalue weighted by Gasteiger charge is 2.31. The lowest BCUT2D eigenvalue weighted by molar-refractivity contribution is 0.0431.